The molecule has 2 saturated heterocycles. The van der Waals surface area contributed by atoms with Crippen LogP contribution < -0.4 is 0 Å². The molecule has 1 unspecified atom stereocenters. The summed E-state index contributed by atoms with van der Waals surface area (Å²) in [6.45, 7) is 7.23. The summed E-state index contributed by atoms with van der Waals surface area (Å²) in [6, 6.07) is 7.48. The number of hydrogen-bond acceptors (Lipinski definition) is 3. The van der Waals surface area contributed by atoms with Crippen LogP contribution in [0.4, 0.5) is 0 Å². The van der Waals surface area contributed by atoms with Gasteiger partial charge < -0.3 is 9.80 Å². The summed E-state index contributed by atoms with van der Waals surface area (Å²) in [4.78, 5) is 30.1. The standard InChI is InChI=1S/C24H31ClN4O2/c1-3-22-21(15-26-29(22)20-8-4-7-19(25)14-20)24(31)27-12-9-18(10-13-27)23(30)28-11-5-6-17(2)16-28/h4,7-8,14-15,17-18H,3,5-6,9-13,16H2,1-2H3. The first-order valence-electron chi connectivity index (χ1n) is 11.4. The Labute approximate surface area is 189 Å². The van der Waals surface area contributed by atoms with Crippen LogP contribution in [0.1, 0.15) is 55.6 Å². The van der Waals surface area contributed by atoms with Crippen LogP contribution in [0.2, 0.25) is 5.02 Å². The lowest BCUT2D eigenvalue weighted by Gasteiger charge is -2.37. The molecule has 2 aromatic rings. The van der Waals surface area contributed by atoms with Crippen LogP contribution in [0.25, 0.3) is 5.69 Å². The molecule has 1 atom stereocenters. The molecule has 4 rings (SSSR count). The highest BCUT2D eigenvalue weighted by Gasteiger charge is 2.33. The van der Waals surface area contributed by atoms with Crippen molar-refractivity contribution < 1.29 is 9.59 Å². The van der Waals surface area contributed by atoms with Crippen LogP contribution in [0, 0.1) is 11.8 Å². The number of halogens is 1. The third kappa shape index (κ3) is 4.64. The SMILES string of the molecule is CCc1c(C(=O)N2CCC(C(=O)N3CCCC(C)C3)CC2)cnn1-c1cccc(Cl)c1. The maximum atomic E-state index is 13.3. The number of carbonyl (C=O) groups excluding carboxylic acids is 2. The molecule has 1 aromatic carbocycles. The minimum Gasteiger partial charge on any atom is -0.342 e. The quantitative estimate of drug-likeness (QED) is 0.713. The zero-order chi connectivity index (χ0) is 22.0. The number of nitrogens with zero attached hydrogens (tertiary/aromatic N) is 4. The minimum absolute atomic E-state index is 0.00243. The van der Waals surface area contributed by atoms with E-state index in [1.165, 1.54) is 6.42 Å². The first-order valence-corrected chi connectivity index (χ1v) is 11.8. The van der Waals surface area contributed by atoms with Gasteiger partial charge >= 0.3 is 0 Å². The molecule has 1 aromatic heterocycles. The highest BCUT2D eigenvalue weighted by molar-refractivity contribution is 6.30. The molecule has 6 nitrogen and oxygen atoms in total. The van der Waals surface area contributed by atoms with Gasteiger partial charge in [0.15, 0.2) is 0 Å². The third-order valence-electron chi connectivity index (χ3n) is 6.59. The van der Waals surface area contributed by atoms with Gasteiger partial charge in [0.1, 0.15) is 0 Å². The van der Waals surface area contributed by atoms with E-state index in [2.05, 4.69) is 12.0 Å². The highest BCUT2D eigenvalue weighted by atomic mass is 35.5. The Morgan fingerprint density at radius 1 is 1.13 bits per heavy atom. The predicted molar refractivity (Wildman–Crippen MR) is 122 cm³/mol. The normalized spacial score (nSPS) is 20.2. The molecule has 0 bridgehead atoms. The summed E-state index contributed by atoms with van der Waals surface area (Å²) in [6.07, 6.45) is 6.13. The second-order valence-electron chi connectivity index (χ2n) is 8.85. The number of piperidine rings is 2. The number of rotatable bonds is 4. The number of benzene rings is 1. The second-order valence-corrected chi connectivity index (χ2v) is 9.28. The van der Waals surface area contributed by atoms with Crippen molar-refractivity contribution in [3.63, 3.8) is 0 Å². The van der Waals surface area contributed by atoms with Gasteiger partial charge in [-0.15, -0.1) is 0 Å². The van der Waals surface area contributed by atoms with Crippen molar-refractivity contribution in [2.75, 3.05) is 26.2 Å². The Hall–Kier alpha value is -2.34. The van der Waals surface area contributed by atoms with E-state index in [9.17, 15) is 9.59 Å². The number of aromatic nitrogens is 2. The van der Waals surface area contributed by atoms with Gasteiger partial charge in [0.05, 0.1) is 23.1 Å². The fourth-order valence-corrected chi connectivity index (χ4v) is 5.06. The van der Waals surface area contributed by atoms with E-state index in [0.29, 0.717) is 36.0 Å². The van der Waals surface area contributed by atoms with Gasteiger partial charge in [-0.2, -0.15) is 5.10 Å². The van der Waals surface area contributed by atoms with Gasteiger partial charge in [-0.05, 0) is 56.2 Å². The molecule has 31 heavy (non-hydrogen) atoms. The lowest BCUT2D eigenvalue weighted by Crippen LogP contribution is -2.47. The van der Waals surface area contributed by atoms with E-state index in [0.717, 1.165) is 43.7 Å². The summed E-state index contributed by atoms with van der Waals surface area (Å²) >= 11 is 6.14. The van der Waals surface area contributed by atoms with Crippen LogP contribution in [0.5, 0.6) is 0 Å². The zero-order valence-corrected chi connectivity index (χ0v) is 19.1. The summed E-state index contributed by atoms with van der Waals surface area (Å²) < 4.78 is 1.80. The van der Waals surface area contributed by atoms with Crippen molar-refractivity contribution in [2.24, 2.45) is 11.8 Å². The minimum atomic E-state index is 0.00243. The van der Waals surface area contributed by atoms with E-state index in [1.807, 2.05) is 41.0 Å². The fourth-order valence-electron chi connectivity index (χ4n) is 4.87. The lowest BCUT2D eigenvalue weighted by atomic mass is 9.92. The molecule has 0 aliphatic carbocycles. The smallest absolute Gasteiger partial charge is 0.257 e. The van der Waals surface area contributed by atoms with Crippen LogP contribution in [-0.2, 0) is 11.2 Å². The fraction of sp³-hybridized carbons (Fsp3) is 0.542. The molecular weight excluding hydrogens is 412 g/mol. The topological polar surface area (TPSA) is 58.4 Å². The Kier molecular flexibility index (Phi) is 6.65. The first-order chi connectivity index (χ1) is 15.0. The molecule has 2 aliphatic rings. The summed E-state index contributed by atoms with van der Waals surface area (Å²) in [5.74, 6) is 0.904. The Morgan fingerprint density at radius 3 is 2.58 bits per heavy atom. The predicted octanol–water partition coefficient (Wildman–Crippen LogP) is 4.20. The highest BCUT2D eigenvalue weighted by Crippen LogP contribution is 2.26. The van der Waals surface area contributed by atoms with Crippen molar-refractivity contribution in [1.82, 2.24) is 19.6 Å². The molecule has 7 heteroatoms. The van der Waals surface area contributed by atoms with Crippen molar-refractivity contribution >= 4 is 23.4 Å². The van der Waals surface area contributed by atoms with E-state index in [1.54, 1.807) is 10.9 Å². The number of amides is 2. The molecule has 3 heterocycles. The van der Waals surface area contributed by atoms with Gasteiger partial charge in [-0.25, -0.2) is 4.68 Å². The van der Waals surface area contributed by atoms with E-state index in [-0.39, 0.29) is 17.7 Å². The number of carbonyl (C=O) groups is 2. The Balaban J connectivity index is 1.43. The van der Waals surface area contributed by atoms with Crippen molar-refractivity contribution in [1.29, 1.82) is 0 Å². The van der Waals surface area contributed by atoms with Crippen LogP contribution in [0.3, 0.4) is 0 Å². The largest absolute Gasteiger partial charge is 0.342 e. The lowest BCUT2D eigenvalue weighted by molar-refractivity contribution is -0.138. The van der Waals surface area contributed by atoms with E-state index < -0.39 is 0 Å². The monoisotopic (exact) mass is 442 g/mol. The van der Waals surface area contributed by atoms with Crippen molar-refractivity contribution in [2.45, 2.75) is 46.0 Å². The van der Waals surface area contributed by atoms with Gasteiger partial charge in [-0.3, -0.25) is 9.59 Å². The van der Waals surface area contributed by atoms with E-state index >= 15 is 0 Å². The van der Waals surface area contributed by atoms with Crippen LogP contribution >= 0.6 is 11.6 Å². The van der Waals surface area contributed by atoms with Gasteiger partial charge in [0.2, 0.25) is 5.91 Å². The molecule has 2 fully saturated rings. The molecular formula is C24H31ClN4O2. The molecule has 2 aliphatic heterocycles. The first kappa shape index (κ1) is 21.9. The maximum absolute atomic E-state index is 13.3. The molecule has 0 radical (unpaired) electrons. The molecule has 166 valence electrons. The van der Waals surface area contributed by atoms with Crippen molar-refractivity contribution in [3.8, 4) is 5.69 Å². The number of likely N-dealkylation sites (tertiary alicyclic amines) is 2. The summed E-state index contributed by atoms with van der Waals surface area (Å²) in [5, 5.41) is 5.11. The van der Waals surface area contributed by atoms with Crippen LogP contribution in [-0.4, -0.2) is 57.6 Å². The maximum Gasteiger partial charge on any atom is 0.257 e. The second kappa shape index (κ2) is 9.43. The zero-order valence-electron chi connectivity index (χ0n) is 18.4. The molecule has 0 saturated carbocycles. The van der Waals surface area contributed by atoms with Gasteiger partial charge in [0.25, 0.3) is 5.91 Å². The summed E-state index contributed by atoms with van der Waals surface area (Å²) in [7, 11) is 0. The van der Waals surface area contributed by atoms with Crippen molar-refractivity contribution in [3.05, 3.63) is 46.7 Å². The molecule has 0 spiro atoms. The molecule has 0 N–H and O–H groups in total. The van der Waals surface area contributed by atoms with Crippen LogP contribution in [0.15, 0.2) is 30.5 Å². The Bertz CT molecular complexity index is 949. The Morgan fingerprint density at radius 2 is 1.90 bits per heavy atom. The van der Waals surface area contributed by atoms with Gasteiger partial charge in [-0.1, -0.05) is 31.5 Å². The third-order valence-corrected chi connectivity index (χ3v) is 6.82. The summed E-state index contributed by atoms with van der Waals surface area (Å²) in [5.41, 5.74) is 2.37. The van der Waals surface area contributed by atoms with E-state index in [4.69, 9.17) is 11.6 Å². The van der Waals surface area contributed by atoms with Gasteiger partial charge in [0, 0.05) is 37.1 Å². The molecule has 2 amide bonds. The average molecular weight is 443 g/mol. The number of hydrogen-bond donors (Lipinski definition) is 0. The average Bonchev–Trinajstić information content (AvgIpc) is 3.22.